The van der Waals surface area contributed by atoms with Gasteiger partial charge in [0.15, 0.2) is 6.61 Å². The van der Waals surface area contributed by atoms with Crippen LogP contribution in [-0.2, 0) is 9.53 Å². The van der Waals surface area contributed by atoms with E-state index in [0.717, 1.165) is 25.7 Å². The number of hydrogen-bond donors (Lipinski definition) is 1. The number of carbonyl (C=O) groups excluding carboxylic acids is 2. The van der Waals surface area contributed by atoms with E-state index in [0.29, 0.717) is 43.6 Å². The lowest BCUT2D eigenvalue weighted by atomic mass is 9.79. The maximum absolute atomic E-state index is 12.5. The first-order chi connectivity index (χ1) is 15.1. The van der Waals surface area contributed by atoms with E-state index in [-0.39, 0.29) is 24.0 Å². The van der Waals surface area contributed by atoms with Gasteiger partial charge in [0.1, 0.15) is 11.4 Å². The van der Waals surface area contributed by atoms with E-state index in [1.165, 1.54) is 0 Å². The van der Waals surface area contributed by atoms with Crippen LogP contribution in [0.15, 0.2) is 54.7 Å². The Morgan fingerprint density at radius 2 is 1.90 bits per heavy atom. The number of amides is 2. The van der Waals surface area contributed by atoms with Gasteiger partial charge in [-0.3, -0.25) is 14.6 Å². The summed E-state index contributed by atoms with van der Waals surface area (Å²) in [5.41, 5.74) is 0.240. The van der Waals surface area contributed by atoms with Crippen molar-refractivity contribution in [3.8, 4) is 5.75 Å². The van der Waals surface area contributed by atoms with Crippen molar-refractivity contribution in [2.24, 2.45) is 5.92 Å². The highest BCUT2D eigenvalue weighted by molar-refractivity contribution is 5.92. The number of rotatable bonds is 6. The van der Waals surface area contributed by atoms with E-state index in [1.807, 2.05) is 41.3 Å². The molecule has 0 bridgehead atoms. The molecule has 164 valence electrons. The zero-order valence-corrected chi connectivity index (χ0v) is 17.7. The predicted molar refractivity (Wildman–Crippen MR) is 116 cm³/mol. The van der Waals surface area contributed by atoms with Crippen LogP contribution in [0.1, 0.15) is 36.2 Å². The van der Waals surface area contributed by atoms with Gasteiger partial charge in [-0.15, -0.1) is 0 Å². The summed E-state index contributed by atoms with van der Waals surface area (Å²) in [7, 11) is 0. The molecule has 1 N–H and O–H groups in total. The van der Waals surface area contributed by atoms with Crippen molar-refractivity contribution in [2.45, 2.75) is 31.3 Å². The second-order valence-electron chi connectivity index (χ2n) is 8.30. The van der Waals surface area contributed by atoms with Gasteiger partial charge in [-0.2, -0.15) is 0 Å². The average Bonchev–Trinajstić information content (AvgIpc) is 2.83. The first-order valence-electron chi connectivity index (χ1n) is 10.9. The molecule has 2 aromatic rings. The highest BCUT2D eigenvalue weighted by atomic mass is 16.5. The smallest absolute Gasteiger partial charge is 0.269 e. The third-order valence-electron chi connectivity index (χ3n) is 6.18. The minimum absolute atomic E-state index is 0.00804. The molecule has 3 heterocycles. The first-order valence-corrected chi connectivity index (χ1v) is 10.9. The Labute approximate surface area is 182 Å². The highest BCUT2D eigenvalue weighted by Gasteiger charge is 2.41. The summed E-state index contributed by atoms with van der Waals surface area (Å²) >= 11 is 0. The van der Waals surface area contributed by atoms with Gasteiger partial charge in [-0.05, 0) is 55.9 Å². The number of ether oxygens (including phenoxy) is 2. The van der Waals surface area contributed by atoms with Crippen molar-refractivity contribution in [1.82, 2.24) is 15.2 Å². The zero-order valence-electron chi connectivity index (χ0n) is 17.7. The summed E-state index contributed by atoms with van der Waals surface area (Å²) in [5, 5.41) is 3.01. The number of hydrogen-bond acceptors (Lipinski definition) is 5. The van der Waals surface area contributed by atoms with Crippen molar-refractivity contribution in [1.29, 1.82) is 0 Å². The van der Waals surface area contributed by atoms with Crippen molar-refractivity contribution < 1.29 is 19.1 Å². The molecule has 1 unspecified atom stereocenters. The fraction of sp³-hybridized carbons (Fsp3) is 0.458. The molecule has 1 atom stereocenters. The fourth-order valence-corrected chi connectivity index (χ4v) is 4.39. The Balaban J connectivity index is 1.23. The fourth-order valence-electron chi connectivity index (χ4n) is 4.39. The summed E-state index contributed by atoms with van der Waals surface area (Å²) in [4.78, 5) is 30.8. The molecule has 0 saturated carbocycles. The second-order valence-corrected chi connectivity index (χ2v) is 8.30. The number of carbonyl (C=O) groups is 2. The summed E-state index contributed by atoms with van der Waals surface area (Å²) < 4.78 is 11.8. The molecule has 4 rings (SSSR count). The topological polar surface area (TPSA) is 80.8 Å². The van der Waals surface area contributed by atoms with Gasteiger partial charge in [-0.1, -0.05) is 24.3 Å². The Morgan fingerprint density at radius 3 is 2.65 bits per heavy atom. The van der Waals surface area contributed by atoms with Crippen LogP contribution in [0, 0.1) is 5.92 Å². The van der Waals surface area contributed by atoms with Crippen LogP contribution >= 0.6 is 0 Å². The van der Waals surface area contributed by atoms with Gasteiger partial charge in [0.05, 0.1) is 5.60 Å². The molecule has 1 aromatic carbocycles. The quantitative estimate of drug-likeness (QED) is 0.773. The lowest BCUT2D eigenvalue weighted by molar-refractivity contribution is -0.148. The number of piperidine rings is 1. The molecule has 1 spiro atoms. The van der Waals surface area contributed by atoms with Crippen LogP contribution in [-0.4, -0.2) is 60.1 Å². The molecular formula is C24H29N3O4. The Kier molecular flexibility index (Phi) is 6.82. The molecule has 0 radical (unpaired) electrons. The van der Waals surface area contributed by atoms with Crippen LogP contribution < -0.4 is 10.1 Å². The van der Waals surface area contributed by atoms with Crippen molar-refractivity contribution >= 4 is 11.8 Å². The van der Waals surface area contributed by atoms with Gasteiger partial charge in [0.2, 0.25) is 0 Å². The molecule has 7 nitrogen and oxygen atoms in total. The predicted octanol–water partition coefficient (Wildman–Crippen LogP) is 2.68. The normalized spacial score (nSPS) is 20.3. The molecule has 1 aromatic heterocycles. The monoisotopic (exact) mass is 423 g/mol. The second kappa shape index (κ2) is 9.92. The van der Waals surface area contributed by atoms with Crippen molar-refractivity contribution in [2.75, 3.05) is 32.8 Å². The number of aromatic nitrogens is 1. The van der Waals surface area contributed by atoms with Gasteiger partial charge in [0, 0.05) is 32.4 Å². The molecule has 7 heteroatoms. The van der Waals surface area contributed by atoms with E-state index in [1.54, 1.807) is 18.3 Å². The minimum Gasteiger partial charge on any atom is -0.484 e. The molecule has 2 aliphatic rings. The largest absolute Gasteiger partial charge is 0.484 e. The van der Waals surface area contributed by atoms with Crippen LogP contribution in [0.25, 0.3) is 0 Å². The number of nitrogens with one attached hydrogen (secondary N) is 1. The average molecular weight is 424 g/mol. The van der Waals surface area contributed by atoms with E-state index in [4.69, 9.17) is 9.47 Å². The Bertz CT molecular complexity index is 867. The zero-order chi connectivity index (χ0) is 21.5. The van der Waals surface area contributed by atoms with Gasteiger partial charge in [0.25, 0.3) is 11.8 Å². The summed E-state index contributed by atoms with van der Waals surface area (Å²) in [5.74, 6) is 0.939. The molecule has 31 heavy (non-hydrogen) atoms. The standard InChI is InChI=1S/C24H29N3O4/c28-22(18-30-20-6-2-1-3-7-20)27-13-10-24(11-14-27)16-19(9-15-31-24)17-26-23(29)21-8-4-5-12-25-21/h1-8,12,19H,9-11,13-18H2,(H,26,29). The van der Waals surface area contributed by atoms with Gasteiger partial charge >= 0.3 is 0 Å². The minimum atomic E-state index is -0.199. The van der Waals surface area contributed by atoms with Crippen molar-refractivity contribution in [3.63, 3.8) is 0 Å². The number of benzene rings is 1. The lowest BCUT2D eigenvalue weighted by Gasteiger charge is -2.46. The maximum atomic E-state index is 12.5. The third kappa shape index (κ3) is 5.61. The van der Waals surface area contributed by atoms with Crippen LogP contribution in [0.4, 0.5) is 0 Å². The molecular weight excluding hydrogens is 394 g/mol. The van der Waals surface area contributed by atoms with Gasteiger partial charge in [-0.25, -0.2) is 0 Å². The Morgan fingerprint density at radius 1 is 1.13 bits per heavy atom. The van der Waals surface area contributed by atoms with Crippen LogP contribution in [0.5, 0.6) is 5.75 Å². The van der Waals surface area contributed by atoms with Crippen LogP contribution in [0.3, 0.4) is 0 Å². The van der Waals surface area contributed by atoms with Crippen molar-refractivity contribution in [3.05, 3.63) is 60.4 Å². The van der Waals surface area contributed by atoms with E-state index in [9.17, 15) is 9.59 Å². The molecule has 2 saturated heterocycles. The maximum Gasteiger partial charge on any atom is 0.269 e. The molecule has 2 fully saturated rings. The highest BCUT2D eigenvalue weighted by Crippen LogP contribution is 2.37. The van der Waals surface area contributed by atoms with Gasteiger partial charge < -0.3 is 19.7 Å². The third-order valence-corrected chi connectivity index (χ3v) is 6.18. The van der Waals surface area contributed by atoms with E-state index < -0.39 is 0 Å². The number of para-hydroxylation sites is 1. The van der Waals surface area contributed by atoms with E-state index in [2.05, 4.69) is 10.3 Å². The molecule has 2 aliphatic heterocycles. The Hall–Kier alpha value is -2.93. The number of likely N-dealkylation sites (tertiary alicyclic amines) is 1. The number of pyridine rings is 1. The lowest BCUT2D eigenvalue weighted by Crippen LogP contribution is -2.52. The number of nitrogens with zero attached hydrogens (tertiary/aromatic N) is 2. The summed E-state index contributed by atoms with van der Waals surface area (Å²) in [6, 6.07) is 14.7. The van der Waals surface area contributed by atoms with Crippen LogP contribution in [0.2, 0.25) is 0 Å². The molecule has 0 aliphatic carbocycles. The van der Waals surface area contributed by atoms with E-state index >= 15 is 0 Å². The molecule has 2 amide bonds. The summed E-state index contributed by atoms with van der Waals surface area (Å²) in [6.45, 7) is 2.71. The summed E-state index contributed by atoms with van der Waals surface area (Å²) in [6.07, 6.45) is 5.08. The first kappa shape index (κ1) is 21.3. The SMILES string of the molecule is O=C(NCC1CCOC2(CCN(C(=O)COc3ccccc3)CC2)C1)c1ccccn1.